The monoisotopic (exact) mass is 262 g/mol. The highest BCUT2D eigenvalue weighted by Gasteiger charge is 2.14. The zero-order valence-corrected chi connectivity index (χ0v) is 11.4. The van der Waals surface area contributed by atoms with E-state index in [0.717, 1.165) is 5.56 Å². The van der Waals surface area contributed by atoms with Crippen molar-refractivity contribution in [2.75, 3.05) is 0 Å². The van der Waals surface area contributed by atoms with E-state index in [1.807, 2.05) is 26.0 Å². The molecule has 6 N–H and O–H groups in total. The Labute approximate surface area is 113 Å². The minimum absolute atomic E-state index is 0.0366. The number of hydrogen-bond donors (Lipinski definition) is 4. The average molecular weight is 262 g/mol. The van der Waals surface area contributed by atoms with Gasteiger partial charge in [-0.05, 0) is 17.9 Å². The molecule has 0 radical (unpaired) electrons. The highest BCUT2D eigenvalue weighted by atomic mass is 16.2. The first-order chi connectivity index (χ1) is 8.90. The second-order valence-corrected chi connectivity index (χ2v) is 5.06. The number of carbonyl (C=O) groups is 1. The molecule has 0 saturated heterocycles. The molecule has 0 spiro atoms. The maximum atomic E-state index is 11.7. The Kier molecular flexibility index (Phi) is 5.51. The van der Waals surface area contributed by atoms with Crippen molar-refractivity contribution in [1.29, 1.82) is 5.41 Å². The van der Waals surface area contributed by atoms with E-state index in [1.165, 1.54) is 0 Å². The van der Waals surface area contributed by atoms with Crippen LogP contribution in [0, 0.1) is 11.3 Å². The van der Waals surface area contributed by atoms with Crippen LogP contribution >= 0.6 is 0 Å². The van der Waals surface area contributed by atoms with Crippen LogP contribution in [0.4, 0.5) is 0 Å². The predicted octanol–water partition coefficient (Wildman–Crippen LogP) is 0.960. The molecule has 5 nitrogen and oxygen atoms in total. The molecule has 0 fully saturated rings. The molecule has 0 aromatic heterocycles. The van der Waals surface area contributed by atoms with Crippen LogP contribution in [0.1, 0.15) is 31.4 Å². The normalized spacial score (nSPS) is 12.2. The van der Waals surface area contributed by atoms with Gasteiger partial charge in [-0.15, -0.1) is 0 Å². The number of carbonyl (C=O) groups excluding carboxylic acids is 1. The number of amides is 1. The van der Waals surface area contributed by atoms with Gasteiger partial charge < -0.3 is 16.8 Å². The third-order valence-corrected chi connectivity index (χ3v) is 2.79. The van der Waals surface area contributed by atoms with Gasteiger partial charge >= 0.3 is 0 Å². The second kappa shape index (κ2) is 6.89. The third-order valence-electron chi connectivity index (χ3n) is 2.79. The zero-order valence-electron chi connectivity index (χ0n) is 11.4. The summed E-state index contributed by atoms with van der Waals surface area (Å²) in [6, 6.07) is 6.74. The summed E-state index contributed by atoms with van der Waals surface area (Å²) < 4.78 is 0. The number of rotatable bonds is 6. The lowest BCUT2D eigenvalue weighted by molar-refractivity contribution is -0.122. The molecule has 0 saturated carbocycles. The number of benzene rings is 1. The van der Waals surface area contributed by atoms with Gasteiger partial charge in [0.1, 0.15) is 5.84 Å². The molecule has 104 valence electrons. The summed E-state index contributed by atoms with van der Waals surface area (Å²) in [7, 11) is 0. The Bertz CT molecular complexity index is 439. The molecule has 1 rings (SSSR count). The van der Waals surface area contributed by atoms with Crippen molar-refractivity contribution < 1.29 is 4.79 Å². The Morgan fingerprint density at radius 3 is 2.37 bits per heavy atom. The molecule has 1 aromatic carbocycles. The molecule has 1 aromatic rings. The maximum Gasteiger partial charge on any atom is 0.237 e. The topological polar surface area (TPSA) is 105 Å². The van der Waals surface area contributed by atoms with Gasteiger partial charge in [0.05, 0.1) is 6.04 Å². The highest BCUT2D eigenvalue weighted by Crippen LogP contribution is 2.05. The standard InChI is InChI=1S/C14H22N4O/c1-9(2)7-12(15)14(19)18-8-10-3-5-11(6-4-10)13(16)17/h3-6,9,12H,7-8,15H2,1-2H3,(H3,16,17)(H,18,19)/t12-/m0/s1. The fourth-order valence-electron chi connectivity index (χ4n) is 1.74. The van der Waals surface area contributed by atoms with Crippen molar-refractivity contribution >= 4 is 11.7 Å². The van der Waals surface area contributed by atoms with E-state index in [0.29, 0.717) is 24.4 Å². The maximum absolute atomic E-state index is 11.7. The van der Waals surface area contributed by atoms with E-state index in [1.54, 1.807) is 12.1 Å². The van der Waals surface area contributed by atoms with E-state index in [4.69, 9.17) is 16.9 Å². The summed E-state index contributed by atoms with van der Waals surface area (Å²) >= 11 is 0. The quantitative estimate of drug-likeness (QED) is 0.453. The molecule has 1 atom stereocenters. The van der Waals surface area contributed by atoms with Crippen molar-refractivity contribution in [1.82, 2.24) is 5.32 Å². The van der Waals surface area contributed by atoms with Gasteiger partial charge in [-0.1, -0.05) is 38.1 Å². The molecule has 19 heavy (non-hydrogen) atoms. The lowest BCUT2D eigenvalue weighted by atomic mass is 10.0. The summed E-state index contributed by atoms with van der Waals surface area (Å²) in [5.74, 6) is 0.300. The smallest absolute Gasteiger partial charge is 0.237 e. The van der Waals surface area contributed by atoms with Gasteiger partial charge in [0, 0.05) is 12.1 Å². The fourth-order valence-corrected chi connectivity index (χ4v) is 1.74. The summed E-state index contributed by atoms with van der Waals surface area (Å²) in [4.78, 5) is 11.7. The van der Waals surface area contributed by atoms with Crippen LogP contribution < -0.4 is 16.8 Å². The van der Waals surface area contributed by atoms with E-state index in [2.05, 4.69) is 5.32 Å². The van der Waals surface area contributed by atoms with E-state index < -0.39 is 6.04 Å². The fraction of sp³-hybridized carbons (Fsp3) is 0.429. The number of nitrogens with two attached hydrogens (primary N) is 2. The van der Waals surface area contributed by atoms with Crippen molar-refractivity contribution in [2.24, 2.45) is 17.4 Å². The predicted molar refractivity (Wildman–Crippen MR) is 76.7 cm³/mol. The SMILES string of the molecule is CC(C)C[C@H](N)C(=O)NCc1ccc(C(=N)N)cc1. The zero-order chi connectivity index (χ0) is 14.4. The first kappa shape index (κ1) is 15.2. The van der Waals surface area contributed by atoms with Gasteiger partial charge in [0.2, 0.25) is 5.91 Å². The summed E-state index contributed by atoms with van der Waals surface area (Å²) in [5, 5.41) is 10.1. The molecule has 5 heteroatoms. The van der Waals surface area contributed by atoms with Crippen LogP contribution in [0.15, 0.2) is 24.3 Å². The van der Waals surface area contributed by atoms with Crippen LogP contribution in [0.25, 0.3) is 0 Å². The molecule has 0 heterocycles. The van der Waals surface area contributed by atoms with Crippen molar-refractivity contribution in [2.45, 2.75) is 32.9 Å². The van der Waals surface area contributed by atoms with E-state index in [9.17, 15) is 4.79 Å². The van der Waals surface area contributed by atoms with Crippen LogP contribution in [0.3, 0.4) is 0 Å². The van der Waals surface area contributed by atoms with Gasteiger partial charge in [-0.25, -0.2) is 0 Å². The van der Waals surface area contributed by atoms with E-state index >= 15 is 0 Å². The Morgan fingerprint density at radius 1 is 1.32 bits per heavy atom. The van der Waals surface area contributed by atoms with Gasteiger partial charge in [-0.3, -0.25) is 10.2 Å². The van der Waals surface area contributed by atoms with Crippen LogP contribution in [-0.4, -0.2) is 17.8 Å². The first-order valence-corrected chi connectivity index (χ1v) is 6.36. The van der Waals surface area contributed by atoms with Gasteiger partial charge in [-0.2, -0.15) is 0 Å². The lowest BCUT2D eigenvalue weighted by Crippen LogP contribution is -2.41. The van der Waals surface area contributed by atoms with E-state index in [-0.39, 0.29) is 11.7 Å². The summed E-state index contributed by atoms with van der Waals surface area (Å²) in [6.07, 6.45) is 0.676. The Morgan fingerprint density at radius 2 is 1.89 bits per heavy atom. The third kappa shape index (κ3) is 5.09. The number of amidine groups is 1. The minimum atomic E-state index is -0.462. The lowest BCUT2D eigenvalue weighted by Gasteiger charge is -2.14. The Balaban J connectivity index is 2.48. The summed E-state index contributed by atoms with van der Waals surface area (Å²) in [6.45, 7) is 4.50. The Hall–Kier alpha value is -1.88. The molecule has 0 aliphatic carbocycles. The minimum Gasteiger partial charge on any atom is -0.384 e. The number of nitrogens with one attached hydrogen (secondary N) is 2. The highest BCUT2D eigenvalue weighted by molar-refractivity contribution is 5.94. The van der Waals surface area contributed by atoms with Gasteiger partial charge in [0.25, 0.3) is 0 Å². The molecular weight excluding hydrogens is 240 g/mol. The van der Waals surface area contributed by atoms with Crippen LogP contribution in [0.2, 0.25) is 0 Å². The van der Waals surface area contributed by atoms with Crippen LogP contribution in [0.5, 0.6) is 0 Å². The van der Waals surface area contributed by atoms with Crippen molar-refractivity contribution in [3.8, 4) is 0 Å². The number of nitrogen functional groups attached to an aromatic ring is 1. The molecule has 0 aliphatic heterocycles. The van der Waals surface area contributed by atoms with Gasteiger partial charge in [0.15, 0.2) is 0 Å². The second-order valence-electron chi connectivity index (χ2n) is 5.06. The number of hydrogen-bond acceptors (Lipinski definition) is 3. The van der Waals surface area contributed by atoms with Crippen molar-refractivity contribution in [3.63, 3.8) is 0 Å². The molecule has 0 unspecified atom stereocenters. The molecule has 1 amide bonds. The molecule has 0 aliphatic rings. The molecule has 0 bridgehead atoms. The summed E-state index contributed by atoms with van der Waals surface area (Å²) in [5.41, 5.74) is 12.8. The first-order valence-electron chi connectivity index (χ1n) is 6.36. The molecular formula is C14H22N4O. The van der Waals surface area contributed by atoms with Crippen molar-refractivity contribution in [3.05, 3.63) is 35.4 Å². The van der Waals surface area contributed by atoms with Crippen LogP contribution in [-0.2, 0) is 11.3 Å². The average Bonchev–Trinajstić information content (AvgIpc) is 2.35. The largest absolute Gasteiger partial charge is 0.384 e.